The number of hydrogen-bond donors (Lipinski definition) is 1. The molecular weight excluding hydrogens is 272 g/mol. The van der Waals surface area contributed by atoms with Crippen LogP contribution in [0.4, 0.5) is 0 Å². The van der Waals surface area contributed by atoms with Crippen LogP contribution in [-0.2, 0) is 6.42 Å². The van der Waals surface area contributed by atoms with Crippen LogP contribution < -0.4 is 5.32 Å². The summed E-state index contributed by atoms with van der Waals surface area (Å²) in [5, 5.41) is 8.62. The van der Waals surface area contributed by atoms with Crippen molar-refractivity contribution in [3.05, 3.63) is 47.6 Å². The summed E-state index contributed by atoms with van der Waals surface area (Å²) in [6, 6.07) is 10.5. The minimum atomic E-state index is 0.422. The molecule has 1 aromatic heterocycles. The van der Waals surface area contributed by atoms with E-state index in [1.54, 1.807) is 18.7 Å². The third-order valence-corrected chi connectivity index (χ3v) is 4.22. The third-order valence-electron chi connectivity index (χ3n) is 3.02. The van der Waals surface area contributed by atoms with Crippen LogP contribution in [0.2, 0.25) is 0 Å². The van der Waals surface area contributed by atoms with Gasteiger partial charge < -0.3 is 9.84 Å². The monoisotopic (exact) mass is 288 g/mol. The first kappa shape index (κ1) is 13.2. The van der Waals surface area contributed by atoms with Crippen molar-refractivity contribution in [2.24, 2.45) is 4.99 Å². The lowest BCUT2D eigenvalue weighted by Crippen LogP contribution is -2.22. The molecule has 0 radical (unpaired) electrons. The molecule has 1 N–H and O–H groups in total. The van der Waals surface area contributed by atoms with E-state index < -0.39 is 0 Å². The highest BCUT2D eigenvalue weighted by Crippen LogP contribution is 2.33. The molecular formula is C14H16N4OS. The first-order chi connectivity index (χ1) is 9.81. The molecule has 2 aromatic rings. The Morgan fingerprint density at radius 2 is 2.20 bits per heavy atom. The van der Waals surface area contributed by atoms with Gasteiger partial charge in [-0.15, -0.1) is 0 Å². The van der Waals surface area contributed by atoms with Crippen LogP contribution in [0.1, 0.15) is 22.5 Å². The molecule has 2 heterocycles. The molecule has 5 nitrogen and oxygen atoms in total. The number of aliphatic imine (C=N–C) groups is 1. The summed E-state index contributed by atoms with van der Waals surface area (Å²) in [5.74, 6) is 1.34. The van der Waals surface area contributed by atoms with E-state index in [2.05, 4.69) is 44.7 Å². The molecule has 104 valence electrons. The number of aryl methyl sites for hydroxylation is 1. The van der Waals surface area contributed by atoms with E-state index in [1.807, 2.05) is 6.07 Å². The standard InChI is InChI=1S/C14H16N4OS/c1-10-17-13(18-19-10)7-8-15-14-16-9-12(20-14)11-5-3-2-4-6-11/h2-6,12H,7-9H2,1H3,(H,15,16). The van der Waals surface area contributed by atoms with E-state index in [-0.39, 0.29) is 0 Å². The van der Waals surface area contributed by atoms with Crippen molar-refractivity contribution >= 4 is 16.9 Å². The van der Waals surface area contributed by atoms with E-state index >= 15 is 0 Å². The molecule has 1 aromatic carbocycles. The maximum absolute atomic E-state index is 4.94. The summed E-state index contributed by atoms with van der Waals surface area (Å²) < 4.78 is 4.94. The van der Waals surface area contributed by atoms with Crippen molar-refractivity contribution in [3.8, 4) is 0 Å². The molecule has 0 fully saturated rings. The second-order valence-electron chi connectivity index (χ2n) is 4.57. The number of nitrogens with zero attached hydrogens (tertiary/aromatic N) is 3. The van der Waals surface area contributed by atoms with Crippen molar-refractivity contribution in [2.75, 3.05) is 13.1 Å². The molecule has 3 rings (SSSR count). The van der Waals surface area contributed by atoms with E-state index in [0.29, 0.717) is 11.1 Å². The van der Waals surface area contributed by atoms with Crippen molar-refractivity contribution in [1.82, 2.24) is 15.5 Å². The predicted octanol–water partition coefficient (Wildman–Crippen LogP) is 2.35. The van der Waals surface area contributed by atoms with Crippen LogP contribution in [-0.4, -0.2) is 28.4 Å². The fraction of sp³-hybridized carbons (Fsp3) is 0.357. The zero-order chi connectivity index (χ0) is 13.8. The van der Waals surface area contributed by atoms with Gasteiger partial charge in [-0.05, 0) is 5.56 Å². The largest absolute Gasteiger partial charge is 0.364 e. The number of aromatic nitrogens is 2. The van der Waals surface area contributed by atoms with Crippen LogP contribution in [0, 0.1) is 6.92 Å². The lowest BCUT2D eigenvalue weighted by atomic mass is 10.1. The highest BCUT2D eigenvalue weighted by Gasteiger charge is 2.20. The van der Waals surface area contributed by atoms with Gasteiger partial charge in [0.1, 0.15) is 0 Å². The van der Waals surface area contributed by atoms with Gasteiger partial charge in [0.15, 0.2) is 11.0 Å². The van der Waals surface area contributed by atoms with Gasteiger partial charge in [0, 0.05) is 19.9 Å². The molecule has 0 bridgehead atoms. The Morgan fingerprint density at radius 1 is 1.35 bits per heavy atom. The van der Waals surface area contributed by atoms with Gasteiger partial charge in [-0.2, -0.15) is 4.98 Å². The van der Waals surface area contributed by atoms with E-state index in [1.165, 1.54) is 5.56 Å². The maximum atomic E-state index is 4.94. The summed E-state index contributed by atoms with van der Waals surface area (Å²) >= 11 is 1.78. The number of thioether (sulfide) groups is 1. The van der Waals surface area contributed by atoms with Crippen LogP contribution in [0.15, 0.2) is 39.8 Å². The molecule has 1 aliphatic heterocycles. The predicted molar refractivity (Wildman–Crippen MR) is 79.8 cm³/mol. The SMILES string of the molecule is Cc1nc(CCNC2=NCC(c3ccccc3)S2)no1. The quantitative estimate of drug-likeness (QED) is 0.935. The Labute approximate surface area is 121 Å². The summed E-state index contributed by atoms with van der Waals surface area (Å²) in [5.41, 5.74) is 1.33. The van der Waals surface area contributed by atoms with Crippen LogP contribution >= 0.6 is 11.8 Å². The Balaban J connectivity index is 1.46. The number of hydrogen-bond acceptors (Lipinski definition) is 6. The summed E-state index contributed by atoms with van der Waals surface area (Å²) in [7, 11) is 0. The Morgan fingerprint density at radius 3 is 2.95 bits per heavy atom. The average Bonchev–Trinajstić information content (AvgIpc) is 3.09. The first-order valence-corrected chi connectivity index (χ1v) is 7.48. The van der Waals surface area contributed by atoms with Gasteiger partial charge >= 0.3 is 0 Å². The number of benzene rings is 1. The van der Waals surface area contributed by atoms with Crippen molar-refractivity contribution in [1.29, 1.82) is 0 Å². The normalized spacial score (nSPS) is 18.1. The van der Waals surface area contributed by atoms with Crippen molar-refractivity contribution < 1.29 is 4.52 Å². The molecule has 1 unspecified atom stereocenters. The van der Waals surface area contributed by atoms with Gasteiger partial charge in [-0.1, -0.05) is 47.3 Å². The Hall–Kier alpha value is -1.82. The van der Waals surface area contributed by atoms with Crippen LogP contribution in [0.5, 0.6) is 0 Å². The fourth-order valence-corrected chi connectivity index (χ4v) is 3.08. The fourth-order valence-electron chi connectivity index (χ4n) is 2.04. The molecule has 1 atom stereocenters. The average molecular weight is 288 g/mol. The minimum absolute atomic E-state index is 0.422. The third kappa shape index (κ3) is 3.19. The van der Waals surface area contributed by atoms with Crippen molar-refractivity contribution in [2.45, 2.75) is 18.6 Å². The zero-order valence-electron chi connectivity index (χ0n) is 11.2. The lowest BCUT2D eigenvalue weighted by Gasteiger charge is -2.08. The number of amidine groups is 1. The molecule has 0 saturated heterocycles. The molecule has 20 heavy (non-hydrogen) atoms. The Kier molecular flexibility index (Phi) is 4.01. The topological polar surface area (TPSA) is 63.3 Å². The molecule has 0 spiro atoms. The van der Waals surface area contributed by atoms with Gasteiger partial charge in [0.05, 0.1) is 11.8 Å². The van der Waals surface area contributed by atoms with Crippen LogP contribution in [0.3, 0.4) is 0 Å². The second kappa shape index (κ2) is 6.09. The van der Waals surface area contributed by atoms with Gasteiger partial charge in [-0.3, -0.25) is 4.99 Å². The van der Waals surface area contributed by atoms with Gasteiger partial charge in [-0.25, -0.2) is 0 Å². The van der Waals surface area contributed by atoms with E-state index in [9.17, 15) is 0 Å². The molecule has 6 heteroatoms. The smallest absolute Gasteiger partial charge is 0.223 e. The molecule has 0 saturated carbocycles. The van der Waals surface area contributed by atoms with Gasteiger partial charge in [0.25, 0.3) is 0 Å². The molecule has 1 aliphatic rings. The van der Waals surface area contributed by atoms with E-state index in [0.717, 1.165) is 30.5 Å². The van der Waals surface area contributed by atoms with Gasteiger partial charge in [0.2, 0.25) is 5.89 Å². The summed E-state index contributed by atoms with van der Waals surface area (Å²) in [4.78, 5) is 8.71. The Bertz CT molecular complexity index is 596. The maximum Gasteiger partial charge on any atom is 0.223 e. The highest BCUT2D eigenvalue weighted by molar-refractivity contribution is 8.14. The molecule has 0 amide bonds. The summed E-state index contributed by atoms with van der Waals surface area (Å²) in [6.45, 7) is 3.40. The number of nitrogens with one attached hydrogen (secondary N) is 1. The molecule has 0 aliphatic carbocycles. The summed E-state index contributed by atoms with van der Waals surface area (Å²) in [6.07, 6.45) is 0.743. The lowest BCUT2D eigenvalue weighted by molar-refractivity contribution is 0.387. The van der Waals surface area contributed by atoms with Crippen molar-refractivity contribution in [3.63, 3.8) is 0 Å². The van der Waals surface area contributed by atoms with Crippen LogP contribution in [0.25, 0.3) is 0 Å². The first-order valence-electron chi connectivity index (χ1n) is 6.60. The number of rotatable bonds is 4. The minimum Gasteiger partial charge on any atom is -0.364 e. The highest BCUT2D eigenvalue weighted by atomic mass is 32.2. The zero-order valence-corrected chi connectivity index (χ0v) is 12.1. The second-order valence-corrected chi connectivity index (χ2v) is 5.76. The van der Waals surface area contributed by atoms with E-state index in [4.69, 9.17) is 4.52 Å².